The molecule has 0 amide bonds. The van der Waals surface area contributed by atoms with Gasteiger partial charge in [0, 0.05) is 35.1 Å². The van der Waals surface area contributed by atoms with Crippen molar-refractivity contribution in [1.82, 2.24) is 9.97 Å². The van der Waals surface area contributed by atoms with Gasteiger partial charge in [0.1, 0.15) is 14.0 Å². The highest BCUT2D eigenvalue weighted by Crippen LogP contribution is 2.39. The number of aliphatic hydroxyl groups excluding tert-OH is 1. The summed E-state index contributed by atoms with van der Waals surface area (Å²) in [5, 5.41) is 10.8. The normalized spacial score (nSPS) is 18.1. The molecule has 2 heterocycles. The third-order valence-corrected chi connectivity index (χ3v) is 4.33. The number of hydrogen-bond acceptors (Lipinski definition) is 3. The molecular formula is C17H19BN2O2. The number of aryl methyl sites for hydroxylation is 1. The second-order valence-corrected chi connectivity index (χ2v) is 6.84. The Labute approximate surface area is 131 Å². The minimum absolute atomic E-state index is 0.0586. The van der Waals surface area contributed by atoms with Gasteiger partial charge in [0.25, 0.3) is 0 Å². The topological polar surface area (TPSA) is 66.0 Å². The van der Waals surface area contributed by atoms with E-state index in [1.165, 1.54) is 0 Å². The number of Topliss-reactive ketones (excluding diaryl/α,β-unsaturated/α-hetero) is 1. The number of carbonyl (C=O) groups excluding carboxylic acids is 1. The molecule has 2 N–H and O–H groups in total. The first-order chi connectivity index (χ1) is 10.3. The lowest BCUT2D eigenvalue weighted by Gasteiger charge is -2.29. The van der Waals surface area contributed by atoms with Crippen LogP contribution in [0.2, 0.25) is 0 Å². The molecule has 2 aromatic heterocycles. The quantitative estimate of drug-likeness (QED) is 0.829. The third-order valence-electron chi connectivity index (χ3n) is 4.33. The van der Waals surface area contributed by atoms with Crippen molar-refractivity contribution in [2.75, 3.05) is 0 Å². The molecule has 2 radical (unpaired) electrons. The summed E-state index contributed by atoms with van der Waals surface area (Å²) in [7, 11) is 5.87. The van der Waals surface area contributed by atoms with Crippen molar-refractivity contribution in [1.29, 1.82) is 0 Å². The minimum Gasteiger partial charge on any atom is -0.384 e. The predicted molar refractivity (Wildman–Crippen MR) is 85.6 cm³/mol. The Balaban J connectivity index is 2.12. The van der Waals surface area contributed by atoms with Gasteiger partial charge in [-0.05, 0) is 36.0 Å². The second kappa shape index (κ2) is 5.09. The van der Waals surface area contributed by atoms with Gasteiger partial charge in [0.2, 0.25) is 0 Å². The van der Waals surface area contributed by atoms with E-state index in [1.54, 1.807) is 18.3 Å². The molecule has 0 spiro atoms. The molecule has 1 aliphatic carbocycles. The highest BCUT2D eigenvalue weighted by molar-refractivity contribution is 6.31. The molecule has 0 saturated carbocycles. The number of aromatic nitrogens is 2. The lowest BCUT2D eigenvalue weighted by Crippen LogP contribution is -2.28. The Hall–Kier alpha value is -1.88. The zero-order chi connectivity index (χ0) is 16.1. The molecular weight excluding hydrogens is 275 g/mol. The van der Waals surface area contributed by atoms with Crippen LogP contribution in [0.15, 0.2) is 18.3 Å². The predicted octanol–water partition coefficient (Wildman–Crippen LogP) is 1.75. The number of aliphatic hydroxyl groups is 1. The van der Waals surface area contributed by atoms with Crippen molar-refractivity contribution in [2.24, 2.45) is 5.41 Å². The average molecular weight is 294 g/mol. The van der Waals surface area contributed by atoms with Crippen LogP contribution in [0.3, 0.4) is 0 Å². The lowest BCUT2D eigenvalue weighted by atomic mass is 9.74. The molecule has 0 fully saturated rings. The van der Waals surface area contributed by atoms with Gasteiger partial charge in [0.15, 0.2) is 5.78 Å². The smallest absolute Gasteiger partial charge is 0.165 e. The van der Waals surface area contributed by atoms with E-state index in [4.69, 9.17) is 7.85 Å². The van der Waals surface area contributed by atoms with Crippen LogP contribution in [0.4, 0.5) is 0 Å². The summed E-state index contributed by atoms with van der Waals surface area (Å²) in [5.74, 6) is 0.0760. The van der Waals surface area contributed by atoms with Crippen LogP contribution < -0.4 is 5.59 Å². The Morgan fingerprint density at radius 2 is 2.14 bits per heavy atom. The summed E-state index contributed by atoms with van der Waals surface area (Å²) in [6.45, 7) is 6.04. The maximum Gasteiger partial charge on any atom is 0.165 e. The first kappa shape index (κ1) is 15.0. The summed E-state index contributed by atoms with van der Waals surface area (Å²) in [4.78, 5) is 19.9. The van der Waals surface area contributed by atoms with Gasteiger partial charge < -0.3 is 10.1 Å². The molecule has 3 rings (SSSR count). The number of nitrogens with zero attached hydrogens (tertiary/aromatic N) is 1. The van der Waals surface area contributed by atoms with Crippen LogP contribution in [-0.4, -0.2) is 28.7 Å². The van der Waals surface area contributed by atoms with Gasteiger partial charge in [0.05, 0.1) is 0 Å². The van der Waals surface area contributed by atoms with Gasteiger partial charge in [-0.1, -0.05) is 19.9 Å². The number of carbonyl (C=O) groups is 1. The number of rotatable bonds is 2. The van der Waals surface area contributed by atoms with Gasteiger partial charge >= 0.3 is 0 Å². The first-order valence-electron chi connectivity index (χ1n) is 7.43. The summed E-state index contributed by atoms with van der Waals surface area (Å²) in [5.41, 5.74) is 3.75. The summed E-state index contributed by atoms with van der Waals surface area (Å²) < 4.78 is 0. The van der Waals surface area contributed by atoms with Crippen molar-refractivity contribution < 1.29 is 9.90 Å². The molecule has 0 bridgehead atoms. The number of fused-ring (bicyclic) bond motifs is 1. The molecule has 112 valence electrons. The average Bonchev–Trinajstić information content (AvgIpc) is 2.73. The Morgan fingerprint density at radius 1 is 1.41 bits per heavy atom. The van der Waals surface area contributed by atoms with E-state index in [2.05, 4.69) is 23.8 Å². The fourth-order valence-corrected chi connectivity index (χ4v) is 3.38. The number of aromatic amines is 1. The molecule has 2 aromatic rings. The van der Waals surface area contributed by atoms with Crippen molar-refractivity contribution in [3.05, 3.63) is 46.4 Å². The largest absolute Gasteiger partial charge is 0.384 e. The minimum atomic E-state index is -0.945. The molecule has 22 heavy (non-hydrogen) atoms. The first-order valence-corrected chi connectivity index (χ1v) is 7.43. The molecule has 5 heteroatoms. The Bertz CT molecular complexity index is 749. The second-order valence-electron chi connectivity index (χ2n) is 6.84. The van der Waals surface area contributed by atoms with Crippen LogP contribution in [0.5, 0.6) is 0 Å². The Kier molecular flexibility index (Phi) is 3.48. The summed E-state index contributed by atoms with van der Waals surface area (Å²) >= 11 is 0. The van der Waals surface area contributed by atoms with Crippen LogP contribution in [-0.2, 0) is 6.42 Å². The molecule has 0 aliphatic heterocycles. The van der Waals surface area contributed by atoms with Crippen LogP contribution in [0.25, 0.3) is 0 Å². The van der Waals surface area contributed by atoms with E-state index in [1.807, 2.05) is 6.92 Å². The highest BCUT2D eigenvalue weighted by Gasteiger charge is 2.36. The van der Waals surface area contributed by atoms with Gasteiger partial charge in [-0.15, -0.1) is 0 Å². The molecule has 1 aliphatic rings. The highest BCUT2D eigenvalue weighted by atomic mass is 16.3. The van der Waals surface area contributed by atoms with E-state index in [9.17, 15) is 9.90 Å². The van der Waals surface area contributed by atoms with E-state index in [-0.39, 0.29) is 16.8 Å². The van der Waals surface area contributed by atoms with Gasteiger partial charge in [-0.2, -0.15) is 0 Å². The standard InChI is InChI=1S/C17H19BN2O2/c1-9-13(15(22)10-5-4-6-19-16(10)18)14-11(20-9)7-17(2,3)8-12(14)21/h4-6,15,20,22H,7-8H2,1-3H3. The maximum atomic E-state index is 12.6. The molecule has 0 aromatic carbocycles. The fourth-order valence-electron chi connectivity index (χ4n) is 3.38. The number of H-pyrrole nitrogens is 1. The van der Waals surface area contributed by atoms with Crippen LogP contribution in [0, 0.1) is 12.3 Å². The number of ketones is 1. The van der Waals surface area contributed by atoms with Crippen molar-refractivity contribution in [3.63, 3.8) is 0 Å². The van der Waals surface area contributed by atoms with Crippen molar-refractivity contribution in [3.8, 4) is 0 Å². The molecule has 1 atom stereocenters. The number of pyridine rings is 1. The van der Waals surface area contributed by atoms with Crippen molar-refractivity contribution in [2.45, 2.75) is 39.7 Å². The van der Waals surface area contributed by atoms with Crippen LogP contribution in [0.1, 0.15) is 59.2 Å². The monoisotopic (exact) mass is 294 g/mol. The SMILES string of the molecule is [B]c1ncccc1C(O)c1c(C)[nH]c2c1C(=O)CC(C)(C)C2. The molecule has 0 saturated heterocycles. The van der Waals surface area contributed by atoms with Gasteiger partial charge in [-0.25, -0.2) is 0 Å². The van der Waals surface area contributed by atoms with Crippen molar-refractivity contribution >= 4 is 19.2 Å². The molecule has 1 unspecified atom stereocenters. The van der Waals surface area contributed by atoms with E-state index in [0.29, 0.717) is 23.1 Å². The molecule has 4 nitrogen and oxygen atoms in total. The Morgan fingerprint density at radius 3 is 2.82 bits per heavy atom. The maximum absolute atomic E-state index is 12.6. The third kappa shape index (κ3) is 2.39. The van der Waals surface area contributed by atoms with E-state index < -0.39 is 6.10 Å². The summed E-state index contributed by atoms with van der Waals surface area (Å²) in [6.07, 6.45) is 1.92. The van der Waals surface area contributed by atoms with E-state index in [0.717, 1.165) is 17.8 Å². The van der Waals surface area contributed by atoms with E-state index >= 15 is 0 Å². The number of nitrogens with one attached hydrogen (secondary N) is 1. The van der Waals surface area contributed by atoms with Crippen LogP contribution >= 0.6 is 0 Å². The van der Waals surface area contributed by atoms with Gasteiger partial charge in [-0.3, -0.25) is 9.78 Å². The zero-order valence-electron chi connectivity index (χ0n) is 13.1. The lowest BCUT2D eigenvalue weighted by molar-refractivity contribution is 0.0906. The summed E-state index contributed by atoms with van der Waals surface area (Å²) in [6, 6.07) is 3.47. The fraction of sp³-hybridized carbons (Fsp3) is 0.412. The zero-order valence-corrected chi connectivity index (χ0v) is 13.1. The number of hydrogen-bond donors (Lipinski definition) is 2.